The van der Waals surface area contributed by atoms with Gasteiger partial charge < -0.3 is 19.9 Å². The molecule has 0 spiro atoms. The average molecular weight is 315 g/mol. The minimum Gasteiger partial charge on any atom is -0.493 e. The topological polar surface area (TPSA) is 50.7 Å². The summed E-state index contributed by atoms with van der Waals surface area (Å²) < 4.78 is 34.2. The van der Waals surface area contributed by atoms with E-state index < -0.39 is 12.2 Å². The molecule has 2 N–H and O–H groups in total. The number of nitrogens with one attached hydrogen (secondary N) is 1. The molecular weight excluding hydrogens is 292 g/mol. The number of halogens is 2. The van der Waals surface area contributed by atoms with Crippen LogP contribution in [0, 0.1) is 0 Å². The van der Waals surface area contributed by atoms with E-state index in [-0.39, 0.29) is 11.5 Å². The molecule has 1 aromatic carbocycles. The maximum absolute atomic E-state index is 12.4. The van der Waals surface area contributed by atoms with Crippen LogP contribution in [0.1, 0.15) is 37.7 Å². The van der Waals surface area contributed by atoms with Gasteiger partial charge in [0.25, 0.3) is 0 Å². The quantitative estimate of drug-likeness (QED) is 0.812. The summed E-state index contributed by atoms with van der Waals surface area (Å²) in [5.74, 6) is 0.295. The van der Waals surface area contributed by atoms with Gasteiger partial charge in [-0.3, -0.25) is 0 Å². The van der Waals surface area contributed by atoms with Crippen LogP contribution in [0.5, 0.6) is 11.5 Å². The molecule has 0 aromatic heterocycles. The molecule has 1 saturated carbocycles. The summed E-state index contributed by atoms with van der Waals surface area (Å²) in [5, 5.41) is 13.6. The summed E-state index contributed by atoms with van der Waals surface area (Å²) in [6.45, 7) is -1.91. The number of aliphatic hydroxyl groups is 1. The number of hydrogen-bond donors (Lipinski definition) is 2. The van der Waals surface area contributed by atoms with Gasteiger partial charge in [0, 0.05) is 13.1 Å². The summed E-state index contributed by atoms with van der Waals surface area (Å²) in [6, 6.07) is 4.92. The molecule has 22 heavy (non-hydrogen) atoms. The minimum atomic E-state index is -2.89. The van der Waals surface area contributed by atoms with Crippen molar-refractivity contribution >= 4 is 0 Å². The predicted octanol–water partition coefficient (Wildman–Crippen LogP) is 3.08. The van der Waals surface area contributed by atoms with Crippen LogP contribution < -0.4 is 14.8 Å². The first-order valence-electron chi connectivity index (χ1n) is 7.57. The molecule has 1 fully saturated rings. The standard InChI is InChI=1S/C16H23F2NO3/c1-21-13-6-5-12(9-14(13)22-15(17)18)10-19-11-16(20)7-3-2-4-8-16/h5-6,9,15,19-20H,2-4,7-8,10-11H2,1H3. The summed E-state index contributed by atoms with van der Waals surface area (Å²) >= 11 is 0. The second kappa shape index (κ2) is 7.74. The lowest BCUT2D eigenvalue weighted by molar-refractivity contribution is -0.0512. The maximum atomic E-state index is 12.4. The van der Waals surface area contributed by atoms with Crippen LogP contribution in [0.15, 0.2) is 18.2 Å². The van der Waals surface area contributed by atoms with Crippen molar-refractivity contribution < 1.29 is 23.4 Å². The van der Waals surface area contributed by atoms with E-state index in [1.807, 2.05) is 0 Å². The van der Waals surface area contributed by atoms with Crippen LogP contribution in [0.25, 0.3) is 0 Å². The first-order chi connectivity index (χ1) is 10.5. The minimum absolute atomic E-state index is 0.0215. The summed E-state index contributed by atoms with van der Waals surface area (Å²) in [4.78, 5) is 0. The van der Waals surface area contributed by atoms with Gasteiger partial charge in [0.1, 0.15) is 0 Å². The van der Waals surface area contributed by atoms with Gasteiger partial charge >= 0.3 is 6.61 Å². The van der Waals surface area contributed by atoms with Crippen molar-refractivity contribution in [1.29, 1.82) is 0 Å². The van der Waals surface area contributed by atoms with Gasteiger partial charge in [-0.1, -0.05) is 25.3 Å². The average Bonchev–Trinajstić information content (AvgIpc) is 2.47. The third kappa shape index (κ3) is 4.81. The van der Waals surface area contributed by atoms with Crippen LogP contribution in [0.2, 0.25) is 0 Å². The fourth-order valence-corrected chi connectivity index (χ4v) is 2.85. The van der Waals surface area contributed by atoms with E-state index in [9.17, 15) is 13.9 Å². The van der Waals surface area contributed by atoms with Crippen molar-refractivity contribution in [2.75, 3.05) is 13.7 Å². The van der Waals surface area contributed by atoms with Crippen LogP contribution >= 0.6 is 0 Å². The zero-order chi connectivity index (χ0) is 16.0. The normalized spacial score (nSPS) is 17.5. The molecular formula is C16H23F2NO3. The van der Waals surface area contributed by atoms with E-state index in [4.69, 9.17) is 4.74 Å². The Balaban J connectivity index is 1.92. The number of alkyl halides is 2. The van der Waals surface area contributed by atoms with Gasteiger partial charge in [-0.05, 0) is 30.5 Å². The molecule has 1 aliphatic rings. The molecule has 2 rings (SSSR count). The van der Waals surface area contributed by atoms with Gasteiger partial charge in [-0.2, -0.15) is 8.78 Å². The lowest BCUT2D eigenvalue weighted by Gasteiger charge is -2.32. The molecule has 0 saturated heterocycles. The van der Waals surface area contributed by atoms with Crippen LogP contribution in [0.4, 0.5) is 8.78 Å². The molecule has 0 bridgehead atoms. The predicted molar refractivity (Wildman–Crippen MR) is 79.4 cm³/mol. The summed E-state index contributed by atoms with van der Waals surface area (Å²) in [6.07, 6.45) is 4.89. The fourth-order valence-electron chi connectivity index (χ4n) is 2.85. The zero-order valence-electron chi connectivity index (χ0n) is 12.8. The highest BCUT2D eigenvalue weighted by Gasteiger charge is 2.28. The Labute approximate surface area is 129 Å². The first kappa shape index (κ1) is 17.0. The zero-order valence-corrected chi connectivity index (χ0v) is 12.8. The number of ether oxygens (including phenoxy) is 2. The van der Waals surface area contributed by atoms with E-state index in [0.29, 0.717) is 13.1 Å². The van der Waals surface area contributed by atoms with Crippen molar-refractivity contribution in [1.82, 2.24) is 5.32 Å². The number of hydrogen-bond acceptors (Lipinski definition) is 4. The van der Waals surface area contributed by atoms with E-state index in [0.717, 1.165) is 31.2 Å². The summed E-state index contributed by atoms with van der Waals surface area (Å²) in [5.41, 5.74) is 0.156. The monoisotopic (exact) mass is 315 g/mol. The Morgan fingerprint density at radius 1 is 1.23 bits per heavy atom. The van der Waals surface area contributed by atoms with E-state index >= 15 is 0 Å². The van der Waals surface area contributed by atoms with Gasteiger partial charge in [0.15, 0.2) is 11.5 Å². The van der Waals surface area contributed by atoms with Gasteiger partial charge in [0.2, 0.25) is 0 Å². The Morgan fingerprint density at radius 2 is 1.95 bits per heavy atom. The molecule has 6 heteroatoms. The van der Waals surface area contributed by atoms with Gasteiger partial charge in [-0.25, -0.2) is 0 Å². The van der Waals surface area contributed by atoms with Crippen LogP contribution in [-0.4, -0.2) is 31.0 Å². The number of benzene rings is 1. The van der Waals surface area contributed by atoms with Crippen molar-refractivity contribution in [2.24, 2.45) is 0 Å². The molecule has 4 nitrogen and oxygen atoms in total. The van der Waals surface area contributed by atoms with Crippen molar-refractivity contribution in [2.45, 2.75) is 50.9 Å². The molecule has 1 aromatic rings. The van der Waals surface area contributed by atoms with E-state index in [2.05, 4.69) is 10.1 Å². The highest BCUT2D eigenvalue weighted by atomic mass is 19.3. The number of methoxy groups -OCH3 is 1. The Kier molecular flexibility index (Phi) is 5.97. The second-order valence-corrected chi connectivity index (χ2v) is 5.75. The Bertz CT molecular complexity index is 476. The number of rotatable bonds is 7. The third-order valence-electron chi connectivity index (χ3n) is 4.01. The molecule has 0 aliphatic heterocycles. The smallest absolute Gasteiger partial charge is 0.387 e. The third-order valence-corrected chi connectivity index (χ3v) is 4.01. The molecule has 124 valence electrons. The second-order valence-electron chi connectivity index (χ2n) is 5.75. The van der Waals surface area contributed by atoms with Crippen LogP contribution in [-0.2, 0) is 6.54 Å². The van der Waals surface area contributed by atoms with Crippen LogP contribution in [0.3, 0.4) is 0 Å². The van der Waals surface area contributed by atoms with Crippen molar-refractivity contribution in [3.8, 4) is 11.5 Å². The largest absolute Gasteiger partial charge is 0.493 e. The van der Waals surface area contributed by atoms with Gasteiger partial charge in [-0.15, -0.1) is 0 Å². The first-order valence-corrected chi connectivity index (χ1v) is 7.57. The maximum Gasteiger partial charge on any atom is 0.387 e. The Morgan fingerprint density at radius 3 is 2.59 bits per heavy atom. The van der Waals surface area contributed by atoms with Crippen molar-refractivity contribution in [3.63, 3.8) is 0 Å². The molecule has 0 atom stereocenters. The molecule has 0 amide bonds. The van der Waals surface area contributed by atoms with Crippen molar-refractivity contribution in [3.05, 3.63) is 23.8 Å². The van der Waals surface area contributed by atoms with E-state index in [1.54, 1.807) is 12.1 Å². The fraction of sp³-hybridized carbons (Fsp3) is 0.625. The molecule has 0 radical (unpaired) electrons. The highest BCUT2D eigenvalue weighted by Crippen LogP contribution is 2.30. The lowest BCUT2D eigenvalue weighted by atomic mass is 9.85. The van der Waals surface area contributed by atoms with Gasteiger partial charge in [0.05, 0.1) is 12.7 Å². The Hall–Kier alpha value is -1.40. The van der Waals surface area contributed by atoms with E-state index in [1.165, 1.54) is 19.6 Å². The molecule has 0 heterocycles. The SMILES string of the molecule is COc1ccc(CNCC2(O)CCCCC2)cc1OC(F)F. The molecule has 1 aliphatic carbocycles. The summed E-state index contributed by atoms with van der Waals surface area (Å²) in [7, 11) is 1.41. The molecule has 0 unspecified atom stereocenters. The lowest BCUT2D eigenvalue weighted by Crippen LogP contribution is -2.41. The highest BCUT2D eigenvalue weighted by molar-refractivity contribution is 5.43.